The number of benzene rings is 2. The van der Waals surface area contributed by atoms with Gasteiger partial charge in [-0.05, 0) is 29.8 Å². The summed E-state index contributed by atoms with van der Waals surface area (Å²) in [7, 11) is 1.55. The minimum atomic E-state index is -0.447. The van der Waals surface area contributed by atoms with Crippen molar-refractivity contribution < 1.29 is 19.4 Å². The summed E-state index contributed by atoms with van der Waals surface area (Å²) < 4.78 is 10.3. The van der Waals surface area contributed by atoms with Gasteiger partial charge in [0.05, 0.1) is 19.3 Å². The van der Waals surface area contributed by atoms with E-state index in [1.165, 1.54) is 0 Å². The average Bonchev–Trinajstić information content (AvgIpc) is 2.47. The number of methoxy groups -OCH3 is 1. The Hall–Kier alpha value is -2.33. The number of esters is 1. The van der Waals surface area contributed by atoms with Crippen LogP contribution in [0.3, 0.4) is 0 Å². The molecular formula is C15H14O4. The van der Waals surface area contributed by atoms with Gasteiger partial charge >= 0.3 is 5.97 Å². The van der Waals surface area contributed by atoms with Crippen molar-refractivity contribution in [3.63, 3.8) is 0 Å². The van der Waals surface area contributed by atoms with Gasteiger partial charge in [0.15, 0.2) is 0 Å². The van der Waals surface area contributed by atoms with E-state index in [9.17, 15) is 4.79 Å². The molecule has 0 aliphatic carbocycles. The molecule has 0 spiro atoms. The number of hydrogen-bond donors (Lipinski definition) is 1. The molecule has 0 atom stereocenters. The van der Waals surface area contributed by atoms with Gasteiger partial charge in [-0.1, -0.05) is 18.2 Å². The maximum atomic E-state index is 11.9. The second-order valence-corrected chi connectivity index (χ2v) is 3.92. The van der Waals surface area contributed by atoms with Crippen LogP contribution in [0.1, 0.15) is 15.9 Å². The van der Waals surface area contributed by atoms with E-state index in [0.29, 0.717) is 17.1 Å². The predicted octanol–water partition coefficient (Wildman–Crippen LogP) is 2.41. The van der Waals surface area contributed by atoms with Crippen LogP contribution >= 0.6 is 0 Å². The maximum absolute atomic E-state index is 11.9. The summed E-state index contributed by atoms with van der Waals surface area (Å²) in [6.07, 6.45) is 0. The normalized spacial score (nSPS) is 10.0. The first kappa shape index (κ1) is 13.1. The van der Waals surface area contributed by atoms with Crippen molar-refractivity contribution in [2.75, 3.05) is 7.11 Å². The molecule has 2 rings (SSSR count). The third-order valence-electron chi connectivity index (χ3n) is 2.62. The maximum Gasteiger partial charge on any atom is 0.343 e. The van der Waals surface area contributed by atoms with E-state index >= 15 is 0 Å². The molecule has 0 aliphatic rings. The molecule has 1 N–H and O–H groups in total. The van der Waals surface area contributed by atoms with Gasteiger partial charge in [0.2, 0.25) is 0 Å². The Morgan fingerprint density at radius 3 is 2.42 bits per heavy atom. The fourth-order valence-corrected chi connectivity index (χ4v) is 1.58. The Morgan fingerprint density at radius 2 is 1.79 bits per heavy atom. The first-order valence-electron chi connectivity index (χ1n) is 5.79. The van der Waals surface area contributed by atoms with Crippen LogP contribution in [0.5, 0.6) is 11.5 Å². The van der Waals surface area contributed by atoms with Crippen molar-refractivity contribution in [2.24, 2.45) is 0 Å². The van der Waals surface area contributed by atoms with Gasteiger partial charge in [-0.25, -0.2) is 4.79 Å². The Bertz CT molecular complexity index is 561. The summed E-state index contributed by atoms with van der Waals surface area (Å²) in [5, 5.41) is 8.93. The van der Waals surface area contributed by atoms with Crippen LogP contribution in [-0.4, -0.2) is 18.2 Å². The highest BCUT2D eigenvalue weighted by molar-refractivity contribution is 5.91. The molecule has 0 bridgehead atoms. The Labute approximate surface area is 111 Å². The number of carbonyl (C=O) groups is 1. The third kappa shape index (κ3) is 3.33. The van der Waals surface area contributed by atoms with Gasteiger partial charge in [0.1, 0.15) is 11.5 Å². The van der Waals surface area contributed by atoms with Gasteiger partial charge in [-0.2, -0.15) is 0 Å². The molecule has 2 aromatic rings. The lowest BCUT2D eigenvalue weighted by molar-refractivity contribution is 0.0734. The largest absolute Gasteiger partial charge is 0.497 e. The van der Waals surface area contributed by atoms with E-state index in [-0.39, 0.29) is 6.61 Å². The zero-order valence-corrected chi connectivity index (χ0v) is 10.5. The summed E-state index contributed by atoms with van der Waals surface area (Å²) in [6, 6.07) is 13.4. The van der Waals surface area contributed by atoms with E-state index in [4.69, 9.17) is 14.6 Å². The van der Waals surface area contributed by atoms with Gasteiger partial charge in [-0.3, -0.25) is 0 Å². The third-order valence-corrected chi connectivity index (χ3v) is 2.62. The molecule has 0 heterocycles. The van der Waals surface area contributed by atoms with Crippen LogP contribution in [-0.2, 0) is 6.61 Å². The van der Waals surface area contributed by atoms with E-state index in [1.807, 2.05) is 0 Å². The van der Waals surface area contributed by atoms with Crippen LogP contribution in [0, 0.1) is 0 Å². The molecule has 0 fully saturated rings. The molecule has 2 aromatic carbocycles. The van der Waals surface area contributed by atoms with Gasteiger partial charge < -0.3 is 14.6 Å². The lowest BCUT2D eigenvalue weighted by atomic mass is 10.1. The lowest BCUT2D eigenvalue weighted by Gasteiger charge is -2.06. The van der Waals surface area contributed by atoms with Crippen LogP contribution in [0.4, 0.5) is 0 Å². The van der Waals surface area contributed by atoms with Crippen LogP contribution in [0.25, 0.3) is 0 Å². The Morgan fingerprint density at radius 1 is 1.11 bits per heavy atom. The quantitative estimate of drug-likeness (QED) is 0.676. The molecule has 0 radical (unpaired) electrons. The van der Waals surface area contributed by atoms with Crippen molar-refractivity contribution in [3.05, 3.63) is 59.7 Å². The summed E-state index contributed by atoms with van der Waals surface area (Å²) in [4.78, 5) is 11.9. The lowest BCUT2D eigenvalue weighted by Crippen LogP contribution is -2.08. The zero-order valence-electron chi connectivity index (χ0n) is 10.5. The molecule has 0 unspecified atom stereocenters. The molecule has 0 aliphatic heterocycles. The topological polar surface area (TPSA) is 55.8 Å². The van der Waals surface area contributed by atoms with Crippen molar-refractivity contribution in [2.45, 2.75) is 6.61 Å². The standard InChI is InChI=1S/C15H14O4/c1-18-13-3-2-4-14(9-13)19-15(17)12-7-5-11(10-16)6-8-12/h2-9,16H,10H2,1H3. The van der Waals surface area contributed by atoms with Crippen molar-refractivity contribution >= 4 is 5.97 Å². The first-order chi connectivity index (χ1) is 9.22. The van der Waals surface area contributed by atoms with E-state index < -0.39 is 5.97 Å². The summed E-state index contributed by atoms with van der Waals surface area (Å²) in [6.45, 7) is -0.0504. The molecular weight excluding hydrogens is 244 g/mol. The van der Waals surface area contributed by atoms with E-state index in [2.05, 4.69) is 0 Å². The number of aliphatic hydroxyl groups is 1. The molecule has 0 amide bonds. The smallest absolute Gasteiger partial charge is 0.343 e. The second kappa shape index (κ2) is 6.02. The van der Waals surface area contributed by atoms with Crippen molar-refractivity contribution in [1.82, 2.24) is 0 Å². The summed E-state index contributed by atoms with van der Waals surface area (Å²) >= 11 is 0. The minimum absolute atomic E-state index is 0.0504. The molecule has 19 heavy (non-hydrogen) atoms. The number of rotatable bonds is 4. The summed E-state index contributed by atoms with van der Waals surface area (Å²) in [5.74, 6) is 0.606. The predicted molar refractivity (Wildman–Crippen MR) is 70.3 cm³/mol. The van der Waals surface area contributed by atoms with Gasteiger partial charge in [-0.15, -0.1) is 0 Å². The summed E-state index contributed by atoms with van der Waals surface area (Å²) in [5.41, 5.74) is 1.18. The number of aliphatic hydroxyl groups excluding tert-OH is 1. The van der Waals surface area contributed by atoms with Gasteiger partial charge in [0.25, 0.3) is 0 Å². The first-order valence-corrected chi connectivity index (χ1v) is 5.79. The van der Waals surface area contributed by atoms with Crippen LogP contribution in [0.2, 0.25) is 0 Å². The van der Waals surface area contributed by atoms with Gasteiger partial charge in [0, 0.05) is 6.07 Å². The SMILES string of the molecule is COc1cccc(OC(=O)c2ccc(CO)cc2)c1. The zero-order chi connectivity index (χ0) is 13.7. The highest BCUT2D eigenvalue weighted by atomic mass is 16.5. The number of ether oxygens (including phenoxy) is 2. The molecule has 4 heteroatoms. The fourth-order valence-electron chi connectivity index (χ4n) is 1.58. The number of hydrogen-bond acceptors (Lipinski definition) is 4. The van der Waals surface area contributed by atoms with E-state index in [1.54, 1.807) is 55.6 Å². The van der Waals surface area contributed by atoms with Crippen LogP contribution in [0.15, 0.2) is 48.5 Å². The Kier molecular flexibility index (Phi) is 4.15. The second-order valence-electron chi connectivity index (χ2n) is 3.92. The highest BCUT2D eigenvalue weighted by Crippen LogP contribution is 2.20. The monoisotopic (exact) mass is 258 g/mol. The molecule has 4 nitrogen and oxygen atoms in total. The Balaban J connectivity index is 2.11. The van der Waals surface area contributed by atoms with Crippen molar-refractivity contribution in [1.29, 1.82) is 0 Å². The molecule has 0 saturated heterocycles. The highest BCUT2D eigenvalue weighted by Gasteiger charge is 2.08. The average molecular weight is 258 g/mol. The fraction of sp³-hybridized carbons (Fsp3) is 0.133. The van der Waals surface area contributed by atoms with E-state index in [0.717, 1.165) is 5.56 Å². The molecule has 98 valence electrons. The molecule has 0 saturated carbocycles. The van der Waals surface area contributed by atoms with Crippen molar-refractivity contribution in [3.8, 4) is 11.5 Å². The van der Waals surface area contributed by atoms with Crippen LogP contribution < -0.4 is 9.47 Å². The number of carbonyl (C=O) groups excluding carboxylic acids is 1. The minimum Gasteiger partial charge on any atom is -0.497 e. The molecule has 0 aromatic heterocycles.